The van der Waals surface area contributed by atoms with Crippen molar-refractivity contribution < 1.29 is 0 Å². The molecule has 0 saturated heterocycles. The van der Waals surface area contributed by atoms with Crippen LogP contribution >= 0.6 is 0 Å². The Morgan fingerprint density at radius 2 is 0.848 bits per heavy atom. The third-order valence-corrected chi connectivity index (χ3v) is 6.57. The van der Waals surface area contributed by atoms with Crippen molar-refractivity contribution in [2.24, 2.45) is 0 Å². The van der Waals surface area contributed by atoms with E-state index in [1.165, 1.54) is 60.5 Å². The molecule has 0 aliphatic heterocycles. The van der Waals surface area contributed by atoms with Crippen molar-refractivity contribution >= 4 is 21.5 Å². The first-order chi connectivity index (χ1) is 16.3. The van der Waals surface area contributed by atoms with Gasteiger partial charge in [0.1, 0.15) is 0 Å². The monoisotopic (exact) mass is 420 g/mol. The maximum Gasteiger partial charge on any atom is -0.00928 e. The van der Waals surface area contributed by atoms with Gasteiger partial charge >= 0.3 is 0 Å². The lowest BCUT2D eigenvalue weighted by atomic mass is 9.86. The normalized spacial score (nSPS) is 11.2. The summed E-state index contributed by atoms with van der Waals surface area (Å²) in [4.78, 5) is 0. The zero-order chi connectivity index (χ0) is 22.2. The molecule has 0 spiro atoms. The Kier molecular flexibility index (Phi) is 4.78. The average molecular weight is 421 g/mol. The molecule has 156 valence electrons. The van der Waals surface area contributed by atoms with Gasteiger partial charge in [-0.25, -0.2) is 0 Å². The SMILES string of the molecule is Cc1ccc(-c2ccccc2-c2ccccc2-c2cc3ccccc3c3ccccc23)cc1. The van der Waals surface area contributed by atoms with E-state index in [-0.39, 0.29) is 0 Å². The maximum absolute atomic E-state index is 2.35. The van der Waals surface area contributed by atoms with Crippen molar-refractivity contribution in [2.45, 2.75) is 6.92 Å². The summed E-state index contributed by atoms with van der Waals surface area (Å²) in [6, 6.07) is 46.2. The van der Waals surface area contributed by atoms with Crippen LogP contribution in [0.4, 0.5) is 0 Å². The minimum absolute atomic E-state index is 1.24. The Labute approximate surface area is 194 Å². The van der Waals surface area contributed by atoms with Crippen molar-refractivity contribution in [2.75, 3.05) is 0 Å². The van der Waals surface area contributed by atoms with Gasteiger partial charge in [0.2, 0.25) is 0 Å². The van der Waals surface area contributed by atoms with Crippen molar-refractivity contribution in [3.05, 3.63) is 133 Å². The van der Waals surface area contributed by atoms with E-state index in [9.17, 15) is 0 Å². The molecule has 0 atom stereocenters. The summed E-state index contributed by atoms with van der Waals surface area (Å²) in [6.45, 7) is 2.13. The first-order valence-electron chi connectivity index (χ1n) is 11.5. The highest BCUT2D eigenvalue weighted by Gasteiger charge is 2.15. The quantitative estimate of drug-likeness (QED) is 0.250. The standard InChI is InChI=1S/C33H24/c1-23-18-20-24(21-19-23)26-11-4-5-13-28(26)30-15-7-9-17-32(30)33-22-25-10-2-3-12-27(25)29-14-6-8-16-31(29)33/h2-22H,1H3. The third kappa shape index (κ3) is 3.41. The van der Waals surface area contributed by atoms with Gasteiger partial charge in [-0.2, -0.15) is 0 Å². The molecule has 0 amide bonds. The van der Waals surface area contributed by atoms with Gasteiger partial charge in [-0.1, -0.05) is 127 Å². The first-order valence-corrected chi connectivity index (χ1v) is 11.5. The Hall–Kier alpha value is -4.16. The Balaban J connectivity index is 1.64. The van der Waals surface area contributed by atoms with E-state index < -0.39 is 0 Å². The number of hydrogen-bond acceptors (Lipinski definition) is 0. The lowest BCUT2D eigenvalue weighted by Gasteiger charge is -2.17. The molecule has 0 aliphatic rings. The molecule has 0 fully saturated rings. The van der Waals surface area contributed by atoms with E-state index in [0.29, 0.717) is 0 Å². The van der Waals surface area contributed by atoms with Crippen LogP contribution in [0.3, 0.4) is 0 Å². The fraction of sp³-hybridized carbons (Fsp3) is 0.0303. The van der Waals surface area contributed by atoms with Gasteiger partial charge in [0, 0.05) is 0 Å². The lowest BCUT2D eigenvalue weighted by Crippen LogP contribution is -1.91. The highest BCUT2D eigenvalue weighted by Crippen LogP contribution is 2.42. The topological polar surface area (TPSA) is 0 Å². The van der Waals surface area contributed by atoms with Crippen LogP contribution in [0.1, 0.15) is 5.56 Å². The number of aryl methyl sites for hydroxylation is 1. The molecule has 0 aliphatic carbocycles. The average Bonchev–Trinajstić information content (AvgIpc) is 2.89. The Morgan fingerprint density at radius 3 is 1.55 bits per heavy atom. The number of benzene rings is 6. The number of hydrogen-bond donors (Lipinski definition) is 0. The second kappa shape index (κ2) is 8.07. The van der Waals surface area contributed by atoms with E-state index >= 15 is 0 Å². The van der Waals surface area contributed by atoms with Gasteiger partial charge in [-0.3, -0.25) is 0 Å². The molecule has 0 bridgehead atoms. The maximum atomic E-state index is 2.35. The van der Waals surface area contributed by atoms with Crippen molar-refractivity contribution in [3.63, 3.8) is 0 Å². The van der Waals surface area contributed by atoms with Crippen LogP contribution in [0.5, 0.6) is 0 Å². The summed E-state index contributed by atoms with van der Waals surface area (Å²) in [5, 5.41) is 5.16. The van der Waals surface area contributed by atoms with E-state index in [2.05, 4.69) is 134 Å². The summed E-state index contributed by atoms with van der Waals surface area (Å²) in [5.41, 5.74) is 8.84. The van der Waals surface area contributed by atoms with Gasteiger partial charge in [-0.05, 0) is 67.9 Å². The second-order valence-electron chi connectivity index (χ2n) is 8.65. The molecular weight excluding hydrogens is 396 g/mol. The van der Waals surface area contributed by atoms with Crippen LogP contribution in [-0.2, 0) is 0 Å². The molecule has 33 heavy (non-hydrogen) atoms. The van der Waals surface area contributed by atoms with Gasteiger partial charge in [-0.15, -0.1) is 0 Å². The Bertz CT molecular complexity index is 1600. The zero-order valence-electron chi connectivity index (χ0n) is 18.6. The molecule has 0 radical (unpaired) electrons. The van der Waals surface area contributed by atoms with Crippen LogP contribution in [0.15, 0.2) is 127 Å². The van der Waals surface area contributed by atoms with Crippen LogP contribution in [0, 0.1) is 6.92 Å². The first kappa shape index (κ1) is 19.5. The molecule has 0 heterocycles. The molecule has 0 aromatic heterocycles. The second-order valence-corrected chi connectivity index (χ2v) is 8.65. The van der Waals surface area contributed by atoms with Crippen LogP contribution in [0.25, 0.3) is 54.9 Å². The molecule has 0 unspecified atom stereocenters. The van der Waals surface area contributed by atoms with E-state index in [1.807, 2.05) is 0 Å². The zero-order valence-corrected chi connectivity index (χ0v) is 18.6. The van der Waals surface area contributed by atoms with E-state index in [4.69, 9.17) is 0 Å². The smallest absolute Gasteiger partial charge is 0.00928 e. The van der Waals surface area contributed by atoms with Crippen molar-refractivity contribution in [3.8, 4) is 33.4 Å². The number of fused-ring (bicyclic) bond motifs is 3. The van der Waals surface area contributed by atoms with Crippen LogP contribution in [-0.4, -0.2) is 0 Å². The Morgan fingerprint density at radius 1 is 0.364 bits per heavy atom. The van der Waals surface area contributed by atoms with Gasteiger partial charge in [0.25, 0.3) is 0 Å². The van der Waals surface area contributed by atoms with Gasteiger partial charge in [0.05, 0.1) is 0 Å². The lowest BCUT2D eigenvalue weighted by molar-refractivity contribution is 1.47. The summed E-state index contributed by atoms with van der Waals surface area (Å²) in [6.07, 6.45) is 0. The largest absolute Gasteiger partial charge is 0.0616 e. The summed E-state index contributed by atoms with van der Waals surface area (Å²) < 4.78 is 0. The summed E-state index contributed by atoms with van der Waals surface area (Å²) >= 11 is 0. The van der Waals surface area contributed by atoms with Gasteiger partial charge < -0.3 is 0 Å². The fourth-order valence-electron chi connectivity index (χ4n) is 4.93. The van der Waals surface area contributed by atoms with Crippen molar-refractivity contribution in [1.29, 1.82) is 0 Å². The summed E-state index contributed by atoms with van der Waals surface area (Å²) in [7, 11) is 0. The molecule has 6 aromatic carbocycles. The van der Waals surface area contributed by atoms with Crippen molar-refractivity contribution in [1.82, 2.24) is 0 Å². The fourth-order valence-corrected chi connectivity index (χ4v) is 4.93. The molecule has 0 heteroatoms. The molecule has 6 rings (SSSR count). The van der Waals surface area contributed by atoms with E-state index in [0.717, 1.165) is 0 Å². The van der Waals surface area contributed by atoms with Crippen LogP contribution in [0.2, 0.25) is 0 Å². The molecule has 0 N–H and O–H groups in total. The summed E-state index contributed by atoms with van der Waals surface area (Å²) in [5.74, 6) is 0. The predicted octanol–water partition coefficient (Wildman–Crippen LogP) is 9.30. The minimum atomic E-state index is 1.24. The molecular formula is C33H24. The minimum Gasteiger partial charge on any atom is -0.0616 e. The molecule has 6 aromatic rings. The highest BCUT2D eigenvalue weighted by molar-refractivity contribution is 6.15. The number of rotatable bonds is 3. The molecule has 0 nitrogen and oxygen atoms in total. The van der Waals surface area contributed by atoms with Gasteiger partial charge in [0.15, 0.2) is 0 Å². The highest BCUT2D eigenvalue weighted by atomic mass is 14.2. The predicted molar refractivity (Wildman–Crippen MR) is 142 cm³/mol. The third-order valence-electron chi connectivity index (χ3n) is 6.57. The van der Waals surface area contributed by atoms with E-state index in [1.54, 1.807) is 0 Å². The molecule has 0 saturated carbocycles. The van der Waals surface area contributed by atoms with Crippen LogP contribution < -0.4 is 0 Å².